The van der Waals surface area contributed by atoms with E-state index in [0.717, 1.165) is 19.3 Å². The zero-order valence-corrected chi connectivity index (χ0v) is 15.2. The van der Waals surface area contributed by atoms with Gasteiger partial charge in [0, 0.05) is 13.5 Å². The lowest BCUT2D eigenvalue weighted by Gasteiger charge is -2.12. The number of unbranched alkanes of at least 4 members (excludes halogenated alkanes) is 8. The molecule has 0 saturated carbocycles. The van der Waals surface area contributed by atoms with Gasteiger partial charge >= 0.3 is 0 Å². The van der Waals surface area contributed by atoms with Crippen LogP contribution in [0.15, 0.2) is 12.2 Å². The summed E-state index contributed by atoms with van der Waals surface area (Å²) in [4.78, 5) is 10.8. The smallest absolute Gasteiger partial charge is 0.129 e. The number of ether oxygens (including phenoxy) is 1. The van der Waals surface area contributed by atoms with Gasteiger partial charge in [0.1, 0.15) is 5.78 Å². The van der Waals surface area contributed by atoms with Crippen LogP contribution in [0.5, 0.6) is 0 Å². The monoisotopic (exact) mass is 310 g/mol. The molecular weight excluding hydrogens is 272 g/mol. The quantitative estimate of drug-likeness (QED) is 0.249. The van der Waals surface area contributed by atoms with Crippen LogP contribution in [0.25, 0.3) is 0 Å². The van der Waals surface area contributed by atoms with Gasteiger partial charge < -0.3 is 9.53 Å². The maximum atomic E-state index is 10.8. The lowest BCUT2D eigenvalue weighted by molar-refractivity contribution is -0.117. The summed E-state index contributed by atoms with van der Waals surface area (Å²) in [7, 11) is 1.83. The van der Waals surface area contributed by atoms with Crippen LogP contribution in [0.3, 0.4) is 0 Å². The van der Waals surface area contributed by atoms with E-state index in [2.05, 4.69) is 19.1 Å². The molecule has 0 aliphatic rings. The number of carbonyl (C=O) groups is 1. The van der Waals surface area contributed by atoms with Crippen LogP contribution >= 0.6 is 0 Å². The largest absolute Gasteiger partial charge is 0.381 e. The van der Waals surface area contributed by atoms with E-state index in [0.29, 0.717) is 11.9 Å². The van der Waals surface area contributed by atoms with Gasteiger partial charge in [-0.1, -0.05) is 64.0 Å². The number of rotatable bonds is 16. The fraction of sp³-hybridized carbons (Fsp3) is 0.850. The molecule has 0 aromatic heterocycles. The molecule has 1 atom stereocenters. The maximum absolute atomic E-state index is 10.8. The highest BCUT2D eigenvalue weighted by atomic mass is 16.5. The molecule has 130 valence electrons. The molecule has 0 aromatic carbocycles. The average molecular weight is 311 g/mol. The summed E-state index contributed by atoms with van der Waals surface area (Å²) in [6, 6.07) is 0. The Bertz CT molecular complexity index is 271. The van der Waals surface area contributed by atoms with Gasteiger partial charge in [0.2, 0.25) is 0 Å². The first-order valence-electron chi connectivity index (χ1n) is 9.38. The van der Waals surface area contributed by atoms with E-state index in [1.54, 1.807) is 6.92 Å². The molecule has 0 fully saturated rings. The van der Waals surface area contributed by atoms with Crippen molar-refractivity contribution in [1.29, 1.82) is 0 Å². The number of hydrogen-bond donors (Lipinski definition) is 0. The predicted octanol–water partition coefficient (Wildman–Crippen LogP) is 6.24. The zero-order valence-electron chi connectivity index (χ0n) is 15.2. The Morgan fingerprint density at radius 2 is 1.64 bits per heavy atom. The van der Waals surface area contributed by atoms with Crippen LogP contribution in [-0.4, -0.2) is 19.0 Å². The van der Waals surface area contributed by atoms with E-state index in [4.69, 9.17) is 4.74 Å². The fourth-order valence-electron chi connectivity index (χ4n) is 2.66. The van der Waals surface area contributed by atoms with Crippen molar-refractivity contribution in [2.75, 3.05) is 7.11 Å². The third kappa shape index (κ3) is 15.8. The lowest BCUT2D eigenvalue weighted by atomic mass is 10.1. The Morgan fingerprint density at radius 1 is 0.955 bits per heavy atom. The molecule has 0 radical (unpaired) electrons. The molecule has 0 N–H and O–H groups in total. The minimum atomic E-state index is 0.324. The summed E-state index contributed by atoms with van der Waals surface area (Å²) in [6.45, 7) is 3.93. The molecule has 2 heteroatoms. The molecule has 0 spiro atoms. The predicted molar refractivity (Wildman–Crippen MR) is 96.3 cm³/mol. The Morgan fingerprint density at radius 3 is 2.32 bits per heavy atom. The molecule has 0 bridgehead atoms. The van der Waals surface area contributed by atoms with Crippen LogP contribution in [0.1, 0.15) is 97.3 Å². The number of carbonyl (C=O) groups excluding carboxylic acids is 1. The standard InChI is InChI=1S/C20H38O2/c1-4-5-6-14-17-20(22-3)18-15-12-10-8-7-9-11-13-16-19(2)21/h12,15,20H,4-11,13-14,16-18H2,1-3H3/b15-12-/t20-/m1/s1. The first-order chi connectivity index (χ1) is 10.7. The van der Waals surface area contributed by atoms with Crippen molar-refractivity contribution in [3.05, 3.63) is 12.2 Å². The van der Waals surface area contributed by atoms with Gasteiger partial charge in [-0.15, -0.1) is 0 Å². The first kappa shape index (κ1) is 21.4. The van der Waals surface area contributed by atoms with Crippen molar-refractivity contribution in [2.24, 2.45) is 0 Å². The molecule has 0 aliphatic heterocycles. The third-order valence-electron chi connectivity index (χ3n) is 4.18. The van der Waals surface area contributed by atoms with Crippen LogP contribution in [0, 0.1) is 0 Å². The van der Waals surface area contributed by atoms with Crippen LogP contribution < -0.4 is 0 Å². The first-order valence-corrected chi connectivity index (χ1v) is 9.38. The molecule has 0 unspecified atom stereocenters. The van der Waals surface area contributed by atoms with Crippen LogP contribution in [0.4, 0.5) is 0 Å². The Kier molecular flexibility index (Phi) is 16.3. The van der Waals surface area contributed by atoms with E-state index >= 15 is 0 Å². The second kappa shape index (κ2) is 16.7. The molecule has 0 rings (SSSR count). The molecule has 0 aromatic rings. The Labute approximate surface area is 138 Å². The number of hydrogen-bond acceptors (Lipinski definition) is 2. The summed E-state index contributed by atoms with van der Waals surface area (Å²) in [6.07, 6.45) is 20.6. The summed E-state index contributed by atoms with van der Waals surface area (Å²) >= 11 is 0. The van der Waals surface area contributed by atoms with Gasteiger partial charge in [-0.05, 0) is 39.0 Å². The number of allylic oxidation sites excluding steroid dienone is 1. The van der Waals surface area contributed by atoms with Gasteiger partial charge in [0.05, 0.1) is 6.10 Å². The summed E-state index contributed by atoms with van der Waals surface area (Å²) in [5.74, 6) is 0.324. The normalized spacial score (nSPS) is 12.9. The number of Topliss-reactive ketones (excluding diaryl/α,β-unsaturated/α-hetero) is 1. The minimum Gasteiger partial charge on any atom is -0.381 e. The fourth-order valence-corrected chi connectivity index (χ4v) is 2.66. The Hall–Kier alpha value is -0.630. The summed E-state index contributed by atoms with van der Waals surface area (Å²) in [5, 5.41) is 0. The van der Waals surface area contributed by atoms with E-state index in [1.165, 1.54) is 64.2 Å². The van der Waals surface area contributed by atoms with Crippen molar-refractivity contribution in [2.45, 2.75) is 103 Å². The van der Waals surface area contributed by atoms with Gasteiger partial charge in [-0.2, -0.15) is 0 Å². The van der Waals surface area contributed by atoms with Crippen molar-refractivity contribution < 1.29 is 9.53 Å². The molecule has 2 nitrogen and oxygen atoms in total. The van der Waals surface area contributed by atoms with E-state index < -0.39 is 0 Å². The molecule has 0 saturated heterocycles. The zero-order chi connectivity index (χ0) is 16.5. The van der Waals surface area contributed by atoms with Crippen molar-refractivity contribution in [1.82, 2.24) is 0 Å². The van der Waals surface area contributed by atoms with Gasteiger partial charge in [-0.25, -0.2) is 0 Å². The highest BCUT2D eigenvalue weighted by Crippen LogP contribution is 2.12. The lowest BCUT2D eigenvalue weighted by Crippen LogP contribution is -2.08. The molecular formula is C20H38O2. The minimum absolute atomic E-state index is 0.324. The van der Waals surface area contributed by atoms with Gasteiger partial charge in [0.15, 0.2) is 0 Å². The van der Waals surface area contributed by atoms with Crippen molar-refractivity contribution in [3.63, 3.8) is 0 Å². The highest BCUT2D eigenvalue weighted by molar-refractivity contribution is 5.75. The topological polar surface area (TPSA) is 26.3 Å². The van der Waals surface area contributed by atoms with Crippen molar-refractivity contribution in [3.8, 4) is 0 Å². The van der Waals surface area contributed by atoms with E-state index in [9.17, 15) is 4.79 Å². The summed E-state index contributed by atoms with van der Waals surface area (Å²) in [5.41, 5.74) is 0. The summed E-state index contributed by atoms with van der Waals surface area (Å²) < 4.78 is 5.54. The molecule has 22 heavy (non-hydrogen) atoms. The third-order valence-corrected chi connectivity index (χ3v) is 4.18. The maximum Gasteiger partial charge on any atom is 0.129 e. The number of methoxy groups -OCH3 is 1. The Balaban J connectivity index is 3.41. The van der Waals surface area contributed by atoms with Crippen molar-refractivity contribution >= 4 is 5.78 Å². The molecule has 0 heterocycles. The average Bonchev–Trinajstić information content (AvgIpc) is 2.50. The highest BCUT2D eigenvalue weighted by Gasteiger charge is 2.04. The second-order valence-corrected chi connectivity index (χ2v) is 6.42. The van der Waals surface area contributed by atoms with E-state index in [-0.39, 0.29) is 0 Å². The SMILES string of the molecule is CCCCCC[C@H](C/C=C\CCCCCCCC(C)=O)OC. The number of ketones is 1. The van der Waals surface area contributed by atoms with Crippen LogP contribution in [0.2, 0.25) is 0 Å². The molecule has 0 aliphatic carbocycles. The van der Waals surface area contributed by atoms with Gasteiger partial charge in [0.25, 0.3) is 0 Å². The van der Waals surface area contributed by atoms with Gasteiger partial charge in [-0.3, -0.25) is 0 Å². The second-order valence-electron chi connectivity index (χ2n) is 6.42. The van der Waals surface area contributed by atoms with E-state index in [1.807, 2.05) is 7.11 Å². The van der Waals surface area contributed by atoms with Crippen LogP contribution in [-0.2, 0) is 9.53 Å². The molecule has 0 amide bonds.